The number of nitrogens with one attached hydrogen (secondary N) is 1. The Hall–Kier alpha value is -2.08. The number of urea groups is 1. The van der Waals surface area contributed by atoms with E-state index in [2.05, 4.69) is 5.32 Å². The smallest absolute Gasteiger partial charge is 0.334 e. The summed E-state index contributed by atoms with van der Waals surface area (Å²) in [5.41, 5.74) is 0.999. The Balaban J connectivity index is 1.84. The molecule has 0 radical (unpaired) electrons. The number of rotatable bonds is 3. The average molecular weight is 264 g/mol. The van der Waals surface area contributed by atoms with E-state index in [0.717, 1.165) is 5.56 Å². The molecule has 1 aliphatic heterocycles. The van der Waals surface area contributed by atoms with Crippen LogP contribution < -0.4 is 5.32 Å². The zero-order valence-corrected chi connectivity index (χ0v) is 10.4. The number of hydrogen-bond acceptors (Lipinski definition) is 3. The molecular weight excluding hydrogens is 248 g/mol. The number of carboxylic acids is 1. The van der Waals surface area contributed by atoms with E-state index >= 15 is 0 Å². The van der Waals surface area contributed by atoms with Gasteiger partial charge in [-0.3, -0.25) is 0 Å². The normalized spacial score (nSPS) is 18.9. The van der Waals surface area contributed by atoms with Gasteiger partial charge in [0.05, 0.1) is 13.2 Å². The first-order valence-electron chi connectivity index (χ1n) is 6.08. The molecule has 0 aliphatic carbocycles. The molecule has 102 valence electrons. The highest BCUT2D eigenvalue weighted by Gasteiger charge is 2.28. The maximum Gasteiger partial charge on any atom is 0.334 e. The molecule has 2 N–H and O–H groups in total. The van der Waals surface area contributed by atoms with Crippen molar-refractivity contribution in [1.82, 2.24) is 10.2 Å². The van der Waals surface area contributed by atoms with Gasteiger partial charge in [0.25, 0.3) is 0 Å². The van der Waals surface area contributed by atoms with Gasteiger partial charge in [0.2, 0.25) is 0 Å². The summed E-state index contributed by atoms with van der Waals surface area (Å²) >= 11 is 0. The van der Waals surface area contributed by atoms with Gasteiger partial charge in [-0.2, -0.15) is 0 Å². The first kappa shape index (κ1) is 13.4. The molecule has 1 aliphatic rings. The van der Waals surface area contributed by atoms with Gasteiger partial charge in [0.1, 0.15) is 0 Å². The van der Waals surface area contributed by atoms with Crippen LogP contribution in [0.1, 0.15) is 5.56 Å². The SMILES string of the molecule is O=C(O)C1CN(C(=O)NCc2ccccc2)CCO1. The van der Waals surface area contributed by atoms with Crippen LogP contribution in [-0.4, -0.2) is 47.8 Å². The third-order valence-electron chi connectivity index (χ3n) is 2.92. The lowest BCUT2D eigenvalue weighted by Gasteiger charge is -2.30. The Morgan fingerprint density at radius 3 is 2.79 bits per heavy atom. The monoisotopic (exact) mass is 264 g/mol. The second kappa shape index (κ2) is 6.19. The van der Waals surface area contributed by atoms with Crippen LogP contribution >= 0.6 is 0 Å². The van der Waals surface area contributed by atoms with Gasteiger partial charge in [0, 0.05) is 13.1 Å². The van der Waals surface area contributed by atoms with Gasteiger partial charge >= 0.3 is 12.0 Å². The van der Waals surface area contributed by atoms with Crippen LogP contribution in [0.4, 0.5) is 4.79 Å². The average Bonchev–Trinajstić information content (AvgIpc) is 2.46. The Morgan fingerprint density at radius 1 is 1.37 bits per heavy atom. The van der Waals surface area contributed by atoms with Crippen LogP contribution in [0.25, 0.3) is 0 Å². The van der Waals surface area contributed by atoms with Crippen molar-refractivity contribution in [3.05, 3.63) is 35.9 Å². The summed E-state index contributed by atoms with van der Waals surface area (Å²) in [5, 5.41) is 11.6. The Bertz CT molecular complexity index is 449. The number of nitrogens with zero attached hydrogens (tertiary/aromatic N) is 1. The van der Waals surface area contributed by atoms with E-state index in [9.17, 15) is 9.59 Å². The van der Waals surface area contributed by atoms with E-state index in [0.29, 0.717) is 13.1 Å². The van der Waals surface area contributed by atoms with Gasteiger partial charge in [-0.05, 0) is 5.56 Å². The number of hydrogen-bond donors (Lipinski definition) is 2. The number of ether oxygens (including phenoxy) is 1. The number of amides is 2. The van der Waals surface area contributed by atoms with Gasteiger partial charge in [-0.25, -0.2) is 9.59 Å². The Kier molecular flexibility index (Phi) is 4.35. The van der Waals surface area contributed by atoms with Crippen molar-refractivity contribution in [2.75, 3.05) is 19.7 Å². The van der Waals surface area contributed by atoms with Crippen LogP contribution in [0, 0.1) is 0 Å². The van der Waals surface area contributed by atoms with Crippen LogP contribution in [0.3, 0.4) is 0 Å². The van der Waals surface area contributed by atoms with E-state index in [1.54, 1.807) is 0 Å². The lowest BCUT2D eigenvalue weighted by molar-refractivity contribution is -0.154. The van der Waals surface area contributed by atoms with E-state index in [1.165, 1.54) is 4.90 Å². The molecule has 1 fully saturated rings. The minimum Gasteiger partial charge on any atom is -0.479 e. The van der Waals surface area contributed by atoms with Gasteiger partial charge < -0.3 is 20.1 Å². The largest absolute Gasteiger partial charge is 0.479 e. The number of morpholine rings is 1. The molecule has 1 heterocycles. The molecule has 6 nitrogen and oxygen atoms in total. The summed E-state index contributed by atoms with van der Waals surface area (Å²) in [5.74, 6) is -1.04. The Morgan fingerprint density at radius 2 is 2.11 bits per heavy atom. The van der Waals surface area contributed by atoms with Crippen LogP contribution in [-0.2, 0) is 16.1 Å². The second-order valence-electron chi connectivity index (χ2n) is 4.29. The highest BCUT2D eigenvalue weighted by Crippen LogP contribution is 2.06. The second-order valence-corrected chi connectivity index (χ2v) is 4.29. The lowest BCUT2D eigenvalue weighted by atomic mass is 10.2. The molecule has 0 bridgehead atoms. The standard InChI is InChI=1S/C13H16N2O4/c16-12(17)11-9-15(6-7-19-11)13(18)14-8-10-4-2-1-3-5-10/h1-5,11H,6-9H2,(H,14,18)(H,16,17). The molecule has 0 saturated carbocycles. The van der Waals surface area contributed by atoms with Crippen molar-refractivity contribution in [1.29, 1.82) is 0 Å². The number of benzene rings is 1. The molecule has 2 amide bonds. The summed E-state index contributed by atoms with van der Waals surface area (Å²) in [6.07, 6.45) is -0.934. The predicted octanol–water partition coefficient (Wildman–Crippen LogP) is 0.682. The number of carbonyl (C=O) groups excluding carboxylic acids is 1. The fourth-order valence-electron chi connectivity index (χ4n) is 1.87. The topological polar surface area (TPSA) is 78.9 Å². The first-order chi connectivity index (χ1) is 9.16. The summed E-state index contributed by atoms with van der Waals surface area (Å²) in [4.78, 5) is 24.2. The minimum atomic E-state index is -1.04. The van der Waals surface area contributed by atoms with Crippen LogP contribution in [0.15, 0.2) is 30.3 Å². The summed E-state index contributed by atoms with van der Waals surface area (Å²) in [6, 6.07) is 9.27. The highest BCUT2D eigenvalue weighted by molar-refractivity contribution is 5.77. The van der Waals surface area contributed by atoms with E-state index in [4.69, 9.17) is 9.84 Å². The summed E-state index contributed by atoms with van der Waals surface area (Å²) in [6.45, 7) is 1.16. The highest BCUT2D eigenvalue weighted by atomic mass is 16.5. The lowest BCUT2D eigenvalue weighted by Crippen LogP contribution is -2.51. The van der Waals surface area contributed by atoms with Gasteiger partial charge in [0.15, 0.2) is 6.10 Å². The zero-order valence-electron chi connectivity index (χ0n) is 10.4. The molecule has 6 heteroatoms. The molecule has 0 aromatic heterocycles. The fourth-order valence-corrected chi connectivity index (χ4v) is 1.87. The quantitative estimate of drug-likeness (QED) is 0.841. The molecule has 1 saturated heterocycles. The summed E-state index contributed by atoms with van der Waals surface area (Å²) in [7, 11) is 0. The Labute approximate surface area is 111 Å². The first-order valence-corrected chi connectivity index (χ1v) is 6.08. The molecular formula is C13H16N2O4. The zero-order chi connectivity index (χ0) is 13.7. The van der Waals surface area contributed by atoms with E-state index in [1.807, 2.05) is 30.3 Å². The molecule has 1 aromatic rings. The number of carbonyl (C=O) groups is 2. The molecule has 0 spiro atoms. The van der Waals surface area contributed by atoms with E-state index < -0.39 is 12.1 Å². The van der Waals surface area contributed by atoms with Gasteiger partial charge in [-0.15, -0.1) is 0 Å². The predicted molar refractivity (Wildman–Crippen MR) is 67.6 cm³/mol. The minimum absolute atomic E-state index is 0.0793. The molecule has 1 atom stereocenters. The van der Waals surface area contributed by atoms with Gasteiger partial charge in [-0.1, -0.05) is 30.3 Å². The third kappa shape index (κ3) is 3.69. The fraction of sp³-hybridized carbons (Fsp3) is 0.385. The van der Waals surface area contributed by atoms with Crippen LogP contribution in [0.5, 0.6) is 0 Å². The molecule has 1 aromatic carbocycles. The van der Waals surface area contributed by atoms with Crippen molar-refractivity contribution in [3.8, 4) is 0 Å². The third-order valence-corrected chi connectivity index (χ3v) is 2.92. The van der Waals surface area contributed by atoms with Crippen molar-refractivity contribution >= 4 is 12.0 Å². The number of aliphatic carboxylic acids is 1. The molecule has 19 heavy (non-hydrogen) atoms. The molecule has 1 unspecified atom stereocenters. The van der Waals surface area contributed by atoms with Crippen molar-refractivity contribution in [2.45, 2.75) is 12.6 Å². The number of carboxylic acid groups (broad SMARTS) is 1. The van der Waals surface area contributed by atoms with Crippen LogP contribution in [0.2, 0.25) is 0 Å². The summed E-state index contributed by atoms with van der Waals surface area (Å²) < 4.78 is 5.06. The maximum atomic E-state index is 11.9. The molecule has 2 rings (SSSR count). The van der Waals surface area contributed by atoms with Crippen molar-refractivity contribution in [3.63, 3.8) is 0 Å². The van der Waals surface area contributed by atoms with Crippen molar-refractivity contribution < 1.29 is 19.4 Å². The maximum absolute atomic E-state index is 11.9. The van der Waals surface area contributed by atoms with E-state index in [-0.39, 0.29) is 19.2 Å². The van der Waals surface area contributed by atoms with Crippen molar-refractivity contribution in [2.24, 2.45) is 0 Å².